The summed E-state index contributed by atoms with van der Waals surface area (Å²) in [4.78, 5) is 8.32. The number of aromatic nitrogens is 2. The monoisotopic (exact) mass is 308 g/mol. The molecule has 0 radical (unpaired) electrons. The highest BCUT2D eigenvalue weighted by Gasteiger charge is 2.40. The molecule has 1 aromatic heterocycles. The molecule has 0 N–H and O–H groups in total. The maximum atomic E-state index is 13.2. The fraction of sp³-hybridized carbons (Fsp3) is 0.600. The van der Waals surface area contributed by atoms with Crippen LogP contribution >= 0.6 is 15.9 Å². The largest absolute Gasteiger partial charge is 0.462 e. The Morgan fingerprint density at radius 2 is 2.35 bits per heavy atom. The topological polar surface area (TPSA) is 44.1 Å². The van der Waals surface area contributed by atoms with Gasteiger partial charge >= 0.3 is 10.9 Å². The second-order valence-corrected chi connectivity index (χ2v) is 4.77. The van der Waals surface area contributed by atoms with Crippen LogP contribution in [0, 0.1) is 0 Å². The molecule has 7 heteroatoms. The second kappa shape index (κ2) is 4.36. The highest BCUT2D eigenvalue weighted by Crippen LogP contribution is 2.44. The fourth-order valence-electron chi connectivity index (χ4n) is 1.68. The maximum absolute atomic E-state index is 13.2. The van der Waals surface area contributed by atoms with Gasteiger partial charge in [-0.15, -0.1) is 0 Å². The predicted molar refractivity (Wildman–Crippen MR) is 59.3 cm³/mol. The van der Waals surface area contributed by atoms with Gasteiger partial charge in [-0.05, 0) is 19.8 Å². The molecular formula is C10H11BrF2N2O2. The second-order valence-electron chi connectivity index (χ2n) is 3.82. The first-order valence-corrected chi connectivity index (χ1v) is 6.06. The molecule has 0 aromatic carbocycles. The molecule has 0 spiro atoms. The fourth-order valence-corrected chi connectivity index (χ4v) is 1.96. The molecule has 0 bridgehead atoms. The summed E-state index contributed by atoms with van der Waals surface area (Å²) >= 11 is 2.25. The Balaban J connectivity index is 2.40. The van der Waals surface area contributed by atoms with Gasteiger partial charge in [-0.2, -0.15) is 18.6 Å². The van der Waals surface area contributed by atoms with E-state index in [-0.39, 0.29) is 23.8 Å². The van der Waals surface area contributed by atoms with Crippen LogP contribution in [0.2, 0.25) is 0 Å². The van der Waals surface area contributed by atoms with E-state index in [0.717, 1.165) is 19.0 Å². The Morgan fingerprint density at radius 1 is 1.71 bits per heavy atom. The molecule has 94 valence electrons. The summed E-state index contributed by atoms with van der Waals surface area (Å²) in [5, 5.41) is 3.57. The minimum atomic E-state index is -3.28. The highest BCUT2D eigenvalue weighted by molar-refractivity contribution is 9.09. The third-order valence-electron chi connectivity index (χ3n) is 2.51. The number of hydrogen-bond acceptors (Lipinski definition) is 3. The molecular weight excluding hydrogens is 298 g/mol. The standard InChI is InChI=1S/C10H11BrF2N2O2/c1-2-17-9(16)7-5-14-15(10(11,12)13)8(7)6-3-4-6/h5-6H,2-4H2,1H3. The number of hydrogen-bond donors (Lipinski definition) is 0. The van der Waals surface area contributed by atoms with Crippen molar-refractivity contribution in [1.82, 2.24) is 9.78 Å². The van der Waals surface area contributed by atoms with Gasteiger partial charge in [0.1, 0.15) is 5.56 Å². The van der Waals surface area contributed by atoms with E-state index in [0.29, 0.717) is 4.68 Å². The molecule has 0 atom stereocenters. The Hall–Kier alpha value is -0.980. The van der Waals surface area contributed by atoms with Crippen LogP contribution < -0.4 is 0 Å². The van der Waals surface area contributed by atoms with Crippen LogP contribution in [0.4, 0.5) is 8.78 Å². The number of alkyl halides is 3. The predicted octanol–water partition coefficient (Wildman–Crippen LogP) is 2.84. The van der Waals surface area contributed by atoms with Gasteiger partial charge in [0.15, 0.2) is 0 Å². The van der Waals surface area contributed by atoms with Crippen LogP contribution in [0.15, 0.2) is 6.20 Å². The van der Waals surface area contributed by atoms with Gasteiger partial charge < -0.3 is 4.74 Å². The average molecular weight is 309 g/mol. The lowest BCUT2D eigenvalue weighted by Crippen LogP contribution is -2.20. The van der Waals surface area contributed by atoms with E-state index in [1.807, 2.05) is 0 Å². The van der Waals surface area contributed by atoms with E-state index >= 15 is 0 Å². The van der Waals surface area contributed by atoms with Crippen LogP contribution in [-0.2, 0) is 9.69 Å². The van der Waals surface area contributed by atoms with E-state index in [1.54, 1.807) is 6.92 Å². The maximum Gasteiger partial charge on any atom is 0.401 e. The van der Waals surface area contributed by atoms with Gasteiger partial charge in [0.2, 0.25) is 0 Å². The lowest BCUT2D eigenvalue weighted by molar-refractivity contribution is 0.0168. The third-order valence-corrected chi connectivity index (χ3v) is 2.84. The van der Waals surface area contributed by atoms with Crippen molar-refractivity contribution in [3.63, 3.8) is 0 Å². The highest BCUT2D eigenvalue weighted by atomic mass is 79.9. The van der Waals surface area contributed by atoms with Gasteiger partial charge in [0, 0.05) is 21.8 Å². The lowest BCUT2D eigenvalue weighted by Gasteiger charge is -2.13. The van der Waals surface area contributed by atoms with Gasteiger partial charge in [-0.3, -0.25) is 0 Å². The van der Waals surface area contributed by atoms with Crippen molar-refractivity contribution < 1.29 is 18.3 Å². The zero-order valence-corrected chi connectivity index (χ0v) is 10.7. The van der Waals surface area contributed by atoms with E-state index in [9.17, 15) is 13.6 Å². The van der Waals surface area contributed by atoms with Crippen LogP contribution in [0.3, 0.4) is 0 Å². The molecule has 0 aliphatic heterocycles. The van der Waals surface area contributed by atoms with Crippen molar-refractivity contribution in [3.05, 3.63) is 17.5 Å². The van der Waals surface area contributed by atoms with Gasteiger partial charge in [-0.25, -0.2) is 4.79 Å². The third kappa shape index (κ3) is 2.48. The summed E-state index contributed by atoms with van der Waals surface area (Å²) in [7, 11) is 0. The molecule has 1 aliphatic carbocycles. The molecule has 17 heavy (non-hydrogen) atoms. The summed E-state index contributed by atoms with van der Waals surface area (Å²) in [6.45, 7) is 1.87. The van der Waals surface area contributed by atoms with Crippen LogP contribution in [-0.4, -0.2) is 22.4 Å². The first-order valence-electron chi connectivity index (χ1n) is 5.27. The van der Waals surface area contributed by atoms with Gasteiger partial charge in [0.05, 0.1) is 18.5 Å². The minimum Gasteiger partial charge on any atom is -0.462 e. The molecule has 0 unspecified atom stereocenters. The van der Waals surface area contributed by atoms with Crippen molar-refractivity contribution in [1.29, 1.82) is 0 Å². The van der Waals surface area contributed by atoms with Crippen molar-refractivity contribution in [2.45, 2.75) is 30.6 Å². The lowest BCUT2D eigenvalue weighted by atomic mass is 10.2. The van der Waals surface area contributed by atoms with Crippen molar-refractivity contribution in [2.75, 3.05) is 6.61 Å². The first kappa shape index (κ1) is 12.5. The molecule has 0 amide bonds. The average Bonchev–Trinajstić information content (AvgIpc) is 2.95. The first-order chi connectivity index (χ1) is 7.95. The Morgan fingerprint density at radius 3 is 2.82 bits per heavy atom. The zero-order valence-electron chi connectivity index (χ0n) is 9.12. The summed E-state index contributed by atoms with van der Waals surface area (Å²) < 4.78 is 31.8. The van der Waals surface area contributed by atoms with E-state index < -0.39 is 10.9 Å². The minimum absolute atomic E-state index is 0.0275. The van der Waals surface area contributed by atoms with E-state index in [4.69, 9.17) is 4.74 Å². The van der Waals surface area contributed by atoms with Crippen molar-refractivity contribution in [3.8, 4) is 0 Å². The van der Waals surface area contributed by atoms with Gasteiger partial charge in [0.25, 0.3) is 0 Å². The number of carbonyl (C=O) groups excluding carboxylic acids is 1. The van der Waals surface area contributed by atoms with Crippen molar-refractivity contribution >= 4 is 21.9 Å². The van der Waals surface area contributed by atoms with Crippen LogP contribution in [0.1, 0.15) is 41.7 Å². The normalized spacial score (nSPS) is 16.0. The number of halogens is 3. The number of rotatable bonds is 4. The molecule has 1 saturated carbocycles. The van der Waals surface area contributed by atoms with E-state index in [1.165, 1.54) is 0 Å². The molecule has 1 aliphatic rings. The Bertz CT molecular complexity index is 438. The van der Waals surface area contributed by atoms with E-state index in [2.05, 4.69) is 21.0 Å². The van der Waals surface area contributed by atoms with Crippen LogP contribution in [0.5, 0.6) is 0 Å². The molecule has 1 aromatic rings. The molecule has 4 nitrogen and oxygen atoms in total. The summed E-state index contributed by atoms with van der Waals surface area (Å²) in [6.07, 6.45) is 2.73. The van der Waals surface area contributed by atoms with Gasteiger partial charge in [-0.1, -0.05) is 0 Å². The SMILES string of the molecule is CCOC(=O)c1cnn(C(F)(F)Br)c1C1CC1. The summed E-state index contributed by atoms with van der Waals surface area (Å²) in [6, 6.07) is 0. The Kier molecular flexibility index (Phi) is 3.20. The molecule has 2 rings (SSSR count). The zero-order chi connectivity index (χ0) is 12.6. The van der Waals surface area contributed by atoms with Crippen LogP contribution in [0.25, 0.3) is 0 Å². The number of esters is 1. The number of ether oxygens (including phenoxy) is 1. The quantitative estimate of drug-likeness (QED) is 0.634. The Labute approximate surface area is 105 Å². The number of carbonyl (C=O) groups is 1. The number of nitrogens with zero attached hydrogens (tertiary/aromatic N) is 2. The van der Waals surface area contributed by atoms with Crippen molar-refractivity contribution in [2.24, 2.45) is 0 Å². The smallest absolute Gasteiger partial charge is 0.401 e. The molecule has 1 heterocycles. The molecule has 0 saturated heterocycles. The summed E-state index contributed by atoms with van der Waals surface area (Å²) in [5.41, 5.74) is 0.388. The summed E-state index contributed by atoms with van der Waals surface area (Å²) in [5.74, 6) is -0.627. The molecule has 1 fully saturated rings.